The number of nitrogens with zero attached hydrogens (tertiary/aromatic N) is 2. The van der Waals surface area contributed by atoms with E-state index in [0.29, 0.717) is 27.2 Å². The zero-order valence-corrected chi connectivity index (χ0v) is 12.8. The molecule has 23 heavy (non-hydrogen) atoms. The summed E-state index contributed by atoms with van der Waals surface area (Å²) in [6, 6.07) is 11.6. The number of H-pyrrole nitrogens is 1. The summed E-state index contributed by atoms with van der Waals surface area (Å²) >= 11 is 5.94. The van der Waals surface area contributed by atoms with Gasteiger partial charge in [-0.2, -0.15) is 0 Å². The molecule has 0 atom stereocenters. The van der Waals surface area contributed by atoms with Crippen LogP contribution in [0.25, 0.3) is 10.9 Å². The Morgan fingerprint density at radius 3 is 2.87 bits per heavy atom. The van der Waals surface area contributed by atoms with Crippen molar-refractivity contribution in [3.63, 3.8) is 0 Å². The highest BCUT2D eigenvalue weighted by molar-refractivity contribution is 6.31. The molecule has 3 aromatic rings. The molecular formula is C16H12ClN3O3. The zero-order chi connectivity index (χ0) is 16.4. The molecule has 116 valence electrons. The highest BCUT2D eigenvalue weighted by Gasteiger charge is 2.12. The molecule has 0 unspecified atom stereocenters. The van der Waals surface area contributed by atoms with Gasteiger partial charge in [0.25, 0.3) is 5.91 Å². The number of benzene rings is 2. The summed E-state index contributed by atoms with van der Waals surface area (Å²) in [6.45, 7) is 0. The Hall–Kier alpha value is -2.86. The lowest BCUT2D eigenvalue weighted by atomic mass is 10.2. The van der Waals surface area contributed by atoms with Crippen LogP contribution >= 0.6 is 11.6 Å². The van der Waals surface area contributed by atoms with E-state index in [1.165, 1.54) is 7.11 Å². The maximum absolute atomic E-state index is 12.1. The molecule has 6 nitrogen and oxygen atoms in total. The summed E-state index contributed by atoms with van der Waals surface area (Å²) in [7, 11) is 1.51. The number of ether oxygens (including phenoxy) is 1. The molecule has 3 rings (SSSR count). The average Bonchev–Trinajstić information content (AvgIpc) is 2.87. The third kappa shape index (κ3) is 3.02. The molecule has 0 radical (unpaired) electrons. The van der Waals surface area contributed by atoms with Gasteiger partial charge < -0.3 is 14.8 Å². The number of methoxy groups -OCH3 is 1. The van der Waals surface area contributed by atoms with Crippen LogP contribution in [0.4, 0.5) is 5.69 Å². The number of hydrogen-bond donors (Lipinski definition) is 2. The van der Waals surface area contributed by atoms with Gasteiger partial charge >= 0.3 is 0 Å². The first-order valence-corrected chi connectivity index (χ1v) is 7.06. The van der Waals surface area contributed by atoms with Crippen LogP contribution in [0.1, 0.15) is 10.4 Å². The Labute approximate surface area is 136 Å². The number of nitrogens with one attached hydrogen (secondary N) is 1. The van der Waals surface area contributed by atoms with Crippen LogP contribution in [0.3, 0.4) is 0 Å². The molecule has 0 saturated heterocycles. The molecule has 1 amide bonds. The van der Waals surface area contributed by atoms with Gasteiger partial charge in [-0.3, -0.25) is 4.79 Å². The lowest BCUT2D eigenvalue weighted by Crippen LogP contribution is -1.94. The fourth-order valence-corrected chi connectivity index (χ4v) is 2.32. The summed E-state index contributed by atoms with van der Waals surface area (Å²) in [5.41, 5.74) is 1.15. The van der Waals surface area contributed by atoms with Crippen molar-refractivity contribution < 1.29 is 14.6 Å². The van der Waals surface area contributed by atoms with E-state index in [1.54, 1.807) is 42.5 Å². The van der Waals surface area contributed by atoms with E-state index in [0.717, 1.165) is 0 Å². The molecule has 1 heterocycles. The number of carbonyl (C=O) groups excluding carboxylic acids is 1. The van der Waals surface area contributed by atoms with Gasteiger partial charge in [-0.15, -0.1) is 10.2 Å². The normalized spacial score (nSPS) is 11.2. The number of carbonyl (C=O) groups is 1. The first kappa shape index (κ1) is 15.1. The van der Waals surface area contributed by atoms with Gasteiger partial charge in [0.2, 0.25) is 5.88 Å². The predicted octanol–water partition coefficient (Wildman–Crippen LogP) is 4.46. The summed E-state index contributed by atoms with van der Waals surface area (Å²) in [4.78, 5) is 14.8. The van der Waals surface area contributed by atoms with E-state index >= 15 is 0 Å². The summed E-state index contributed by atoms with van der Waals surface area (Å²) < 4.78 is 5.06. The number of halogens is 1. The standard InChI is InChI=1S/C16H12ClN3O3/c1-23-11-4-2-3-9(7-11)15(21)20-19-14-12-8-10(17)5-6-13(12)18-16(14)22/h2-8,18,22H,1H3. The molecule has 0 bridgehead atoms. The van der Waals surface area contributed by atoms with Crippen molar-refractivity contribution in [2.45, 2.75) is 0 Å². The van der Waals surface area contributed by atoms with E-state index in [1.807, 2.05) is 0 Å². The Kier molecular flexibility index (Phi) is 3.99. The first-order valence-electron chi connectivity index (χ1n) is 6.69. The fraction of sp³-hybridized carbons (Fsp3) is 0.0625. The van der Waals surface area contributed by atoms with Gasteiger partial charge in [-0.25, -0.2) is 0 Å². The lowest BCUT2D eigenvalue weighted by Gasteiger charge is -2.00. The van der Waals surface area contributed by atoms with Crippen molar-refractivity contribution in [3.8, 4) is 11.6 Å². The topological polar surface area (TPSA) is 87.0 Å². The number of aromatic nitrogens is 1. The number of azo groups is 1. The van der Waals surface area contributed by atoms with Crippen molar-refractivity contribution in [3.05, 3.63) is 53.1 Å². The molecule has 2 N–H and O–H groups in total. The van der Waals surface area contributed by atoms with Crippen molar-refractivity contribution in [1.82, 2.24) is 4.98 Å². The second kappa shape index (κ2) is 6.10. The smallest absolute Gasteiger partial charge is 0.295 e. The van der Waals surface area contributed by atoms with Gasteiger partial charge in [0, 0.05) is 16.0 Å². The quantitative estimate of drug-likeness (QED) is 0.695. The summed E-state index contributed by atoms with van der Waals surface area (Å²) in [6.07, 6.45) is 0. The van der Waals surface area contributed by atoms with E-state index in [-0.39, 0.29) is 11.6 Å². The fourth-order valence-electron chi connectivity index (χ4n) is 2.15. The van der Waals surface area contributed by atoms with Crippen LogP contribution in [0, 0.1) is 0 Å². The minimum Gasteiger partial charge on any atom is -0.497 e. The number of fused-ring (bicyclic) bond motifs is 1. The van der Waals surface area contributed by atoms with E-state index in [4.69, 9.17) is 16.3 Å². The third-order valence-corrected chi connectivity index (χ3v) is 3.51. The first-order chi connectivity index (χ1) is 11.1. The average molecular weight is 330 g/mol. The monoisotopic (exact) mass is 329 g/mol. The Morgan fingerprint density at radius 1 is 1.26 bits per heavy atom. The molecular weight excluding hydrogens is 318 g/mol. The highest BCUT2D eigenvalue weighted by Crippen LogP contribution is 2.36. The highest BCUT2D eigenvalue weighted by atomic mass is 35.5. The van der Waals surface area contributed by atoms with Gasteiger partial charge in [0.05, 0.1) is 12.6 Å². The molecule has 2 aromatic carbocycles. The van der Waals surface area contributed by atoms with Crippen molar-refractivity contribution in [1.29, 1.82) is 0 Å². The van der Waals surface area contributed by atoms with Gasteiger partial charge in [0.15, 0.2) is 5.69 Å². The Balaban J connectivity index is 1.94. The molecule has 0 fully saturated rings. The maximum atomic E-state index is 12.1. The Bertz CT molecular complexity index is 918. The van der Waals surface area contributed by atoms with Crippen molar-refractivity contribution >= 4 is 34.1 Å². The lowest BCUT2D eigenvalue weighted by molar-refractivity contribution is 0.0994. The molecule has 0 aliphatic heterocycles. The van der Waals surface area contributed by atoms with Crippen LogP contribution < -0.4 is 4.74 Å². The molecule has 0 saturated carbocycles. The van der Waals surface area contributed by atoms with Crippen LogP contribution in [0.5, 0.6) is 11.6 Å². The van der Waals surface area contributed by atoms with Crippen molar-refractivity contribution in [2.24, 2.45) is 10.2 Å². The van der Waals surface area contributed by atoms with Gasteiger partial charge in [0.1, 0.15) is 5.75 Å². The summed E-state index contributed by atoms with van der Waals surface area (Å²) in [5.74, 6) is -0.170. The number of rotatable bonds is 3. The number of amides is 1. The summed E-state index contributed by atoms with van der Waals surface area (Å²) in [5, 5.41) is 18.5. The maximum Gasteiger partial charge on any atom is 0.295 e. The van der Waals surface area contributed by atoms with Gasteiger partial charge in [-0.05, 0) is 36.4 Å². The Morgan fingerprint density at radius 2 is 2.09 bits per heavy atom. The third-order valence-electron chi connectivity index (χ3n) is 3.27. The molecule has 0 aliphatic carbocycles. The van der Waals surface area contributed by atoms with Crippen molar-refractivity contribution in [2.75, 3.05) is 7.11 Å². The second-order valence-corrected chi connectivity index (χ2v) is 5.19. The van der Waals surface area contributed by atoms with E-state index < -0.39 is 5.91 Å². The minimum absolute atomic E-state index is 0.166. The van der Waals surface area contributed by atoms with E-state index in [9.17, 15) is 9.90 Å². The largest absolute Gasteiger partial charge is 0.497 e. The molecule has 0 spiro atoms. The van der Waals surface area contributed by atoms with Crippen LogP contribution in [-0.4, -0.2) is 23.1 Å². The number of aromatic amines is 1. The number of aromatic hydroxyl groups is 1. The van der Waals surface area contributed by atoms with Crippen LogP contribution in [0.15, 0.2) is 52.7 Å². The van der Waals surface area contributed by atoms with E-state index in [2.05, 4.69) is 15.2 Å². The molecule has 1 aromatic heterocycles. The predicted molar refractivity (Wildman–Crippen MR) is 86.8 cm³/mol. The van der Waals surface area contributed by atoms with Crippen LogP contribution in [0.2, 0.25) is 5.02 Å². The SMILES string of the molecule is COc1cccc(C(=O)N=Nc2c(O)[nH]c3ccc(Cl)cc23)c1. The van der Waals surface area contributed by atoms with Gasteiger partial charge in [-0.1, -0.05) is 17.7 Å². The number of hydrogen-bond acceptors (Lipinski definition) is 4. The minimum atomic E-state index is -0.542. The van der Waals surface area contributed by atoms with Crippen LogP contribution in [-0.2, 0) is 0 Å². The molecule has 7 heteroatoms. The zero-order valence-electron chi connectivity index (χ0n) is 12.1. The second-order valence-electron chi connectivity index (χ2n) is 4.75. The molecule has 0 aliphatic rings.